The van der Waals surface area contributed by atoms with Crippen molar-refractivity contribution < 1.29 is 4.74 Å². The number of aryl methyl sites for hydroxylation is 1. The van der Waals surface area contributed by atoms with Crippen molar-refractivity contribution in [3.05, 3.63) is 23.0 Å². The van der Waals surface area contributed by atoms with E-state index in [-0.39, 0.29) is 6.04 Å². The third kappa shape index (κ3) is 3.89. The third-order valence-corrected chi connectivity index (χ3v) is 3.81. The summed E-state index contributed by atoms with van der Waals surface area (Å²) in [4.78, 5) is 4.47. The number of hydrogen-bond acceptors (Lipinski definition) is 4. The van der Waals surface area contributed by atoms with Crippen LogP contribution in [-0.4, -0.2) is 29.6 Å². The van der Waals surface area contributed by atoms with Gasteiger partial charge in [-0.15, -0.1) is 0 Å². The van der Waals surface area contributed by atoms with Gasteiger partial charge in [0.1, 0.15) is 5.75 Å². The number of pyridine rings is 1. The fourth-order valence-electron chi connectivity index (χ4n) is 1.85. The number of rotatable bonds is 6. The Balaban J connectivity index is 2.78. The molecule has 0 aliphatic rings. The molecule has 0 saturated heterocycles. The number of ether oxygens (including phenoxy) is 1. The molecule has 0 spiro atoms. The maximum absolute atomic E-state index is 6.09. The Bertz CT molecular complexity index is 369. The molecule has 2 N–H and O–H groups in total. The highest BCUT2D eigenvalue weighted by Crippen LogP contribution is 2.24. The second-order valence-corrected chi connectivity index (χ2v) is 5.49. The molecule has 3 nitrogen and oxygen atoms in total. The second-order valence-electron chi connectivity index (χ2n) is 4.17. The van der Waals surface area contributed by atoms with Crippen molar-refractivity contribution in [2.75, 3.05) is 18.6 Å². The monoisotopic (exact) mass is 254 g/mol. The van der Waals surface area contributed by atoms with Crippen molar-refractivity contribution in [2.24, 2.45) is 5.73 Å². The van der Waals surface area contributed by atoms with Gasteiger partial charge in [0, 0.05) is 41.2 Å². The summed E-state index contributed by atoms with van der Waals surface area (Å²) in [5.74, 6) is 3.02. The van der Waals surface area contributed by atoms with E-state index in [0.717, 1.165) is 40.5 Å². The first kappa shape index (κ1) is 14.3. The van der Waals surface area contributed by atoms with E-state index >= 15 is 0 Å². The molecule has 0 aliphatic carbocycles. The fourth-order valence-corrected chi connectivity index (χ4v) is 2.51. The minimum absolute atomic E-state index is 0.165. The van der Waals surface area contributed by atoms with Crippen LogP contribution >= 0.6 is 11.8 Å². The molecule has 1 aromatic rings. The molecule has 0 aliphatic heterocycles. The minimum Gasteiger partial charge on any atom is -0.496 e. The lowest BCUT2D eigenvalue weighted by atomic mass is 10.1. The lowest BCUT2D eigenvalue weighted by molar-refractivity contribution is 0.406. The van der Waals surface area contributed by atoms with E-state index in [1.54, 1.807) is 7.11 Å². The Hall–Kier alpha value is -0.740. The van der Waals surface area contributed by atoms with Crippen molar-refractivity contribution in [2.45, 2.75) is 33.2 Å². The van der Waals surface area contributed by atoms with Crippen molar-refractivity contribution in [1.29, 1.82) is 0 Å². The number of hydrogen-bond donors (Lipinski definition) is 1. The normalized spacial score (nSPS) is 12.5. The molecule has 0 saturated carbocycles. The minimum atomic E-state index is 0.165. The molecule has 0 amide bonds. The van der Waals surface area contributed by atoms with E-state index in [1.165, 1.54) is 0 Å². The lowest BCUT2D eigenvalue weighted by Gasteiger charge is -2.15. The number of aromatic nitrogens is 1. The zero-order chi connectivity index (χ0) is 12.8. The predicted molar refractivity (Wildman–Crippen MR) is 74.9 cm³/mol. The largest absolute Gasteiger partial charge is 0.496 e. The smallest absolute Gasteiger partial charge is 0.128 e. The van der Waals surface area contributed by atoms with Crippen LogP contribution in [0.2, 0.25) is 0 Å². The van der Waals surface area contributed by atoms with Crippen molar-refractivity contribution in [1.82, 2.24) is 4.98 Å². The van der Waals surface area contributed by atoms with Crippen LogP contribution in [0, 0.1) is 13.8 Å². The highest BCUT2D eigenvalue weighted by Gasteiger charge is 2.12. The van der Waals surface area contributed by atoms with Gasteiger partial charge >= 0.3 is 0 Å². The molecule has 1 unspecified atom stereocenters. The van der Waals surface area contributed by atoms with Crippen LogP contribution in [0.1, 0.15) is 23.7 Å². The van der Waals surface area contributed by atoms with Crippen LogP contribution in [0.5, 0.6) is 5.75 Å². The highest BCUT2D eigenvalue weighted by molar-refractivity contribution is 7.99. The molecule has 1 heterocycles. The van der Waals surface area contributed by atoms with Gasteiger partial charge in [-0.05, 0) is 19.6 Å². The third-order valence-electron chi connectivity index (χ3n) is 2.74. The van der Waals surface area contributed by atoms with Gasteiger partial charge in [0.25, 0.3) is 0 Å². The Kier molecular flexibility index (Phi) is 5.78. The van der Waals surface area contributed by atoms with E-state index < -0.39 is 0 Å². The van der Waals surface area contributed by atoms with Crippen LogP contribution < -0.4 is 10.5 Å². The standard InChI is InChI=1S/C13H22N2OS/c1-5-17-8-11(14)6-12-10(3)13(16-4)9(2)7-15-12/h7,11H,5-6,8,14H2,1-4H3. The maximum Gasteiger partial charge on any atom is 0.128 e. The zero-order valence-electron chi connectivity index (χ0n) is 11.1. The number of methoxy groups -OCH3 is 1. The second kappa shape index (κ2) is 6.87. The van der Waals surface area contributed by atoms with Gasteiger partial charge in [0.15, 0.2) is 0 Å². The number of nitrogens with zero attached hydrogens (tertiary/aromatic N) is 1. The van der Waals surface area contributed by atoms with E-state index in [9.17, 15) is 0 Å². The summed E-state index contributed by atoms with van der Waals surface area (Å²) in [7, 11) is 1.70. The Morgan fingerprint density at radius 1 is 1.47 bits per heavy atom. The Labute approximate surface area is 108 Å². The molecule has 96 valence electrons. The average Bonchev–Trinajstić information content (AvgIpc) is 2.31. The van der Waals surface area contributed by atoms with Crippen molar-refractivity contribution in [3.8, 4) is 5.75 Å². The molecule has 1 aromatic heterocycles. The van der Waals surface area contributed by atoms with Gasteiger partial charge < -0.3 is 10.5 Å². The maximum atomic E-state index is 6.09. The summed E-state index contributed by atoms with van der Waals surface area (Å²) in [6.45, 7) is 6.21. The van der Waals surface area contributed by atoms with Gasteiger partial charge in [-0.25, -0.2) is 0 Å². The Morgan fingerprint density at radius 2 is 2.18 bits per heavy atom. The first-order valence-corrected chi connectivity index (χ1v) is 7.08. The zero-order valence-corrected chi connectivity index (χ0v) is 11.9. The SMILES string of the molecule is CCSCC(N)Cc1ncc(C)c(OC)c1C. The highest BCUT2D eigenvalue weighted by atomic mass is 32.2. The number of thioether (sulfide) groups is 1. The molecule has 1 atom stereocenters. The van der Waals surface area contributed by atoms with E-state index in [2.05, 4.69) is 11.9 Å². The molecule has 0 aromatic carbocycles. The fraction of sp³-hybridized carbons (Fsp3) is 0.615. The van der Waals surface area contributed by atoms with Crippen molar-refractivity contribution >= 4 is 11.8 Å². The summed E-state index contributed by atoms with van der Waals surface area (Å²) >= 11 is 1.87. The quantitative estimate of drug-likeness (QED) is 0.846. The van der Waals surface area contributed by atoms with Crippen LogP contribution in [0.4, 0.5) is 0 Å². The van der Waals surface area contributed by atoms with Gasteiger partial charge in [-0.2, -0.15) is 11.8 Å². The topological polar surface area (TPSA) is 48.1 Å². The van der Waals surface area contributed by atoms with Crippen LogP contribution in [0.3, 0.4) is 0 Å². The molecule has 0 bridgehead atoms. The van der Waals surface area contributed by atoms with Crippen LogP contribution in [0.25, 0.3) is 0 Å². The summed E-state index contributed by atoms with van der Waals surface area (Å²) in [5.41, 5.74) is 9.33. The summed E-state index contributed by atoms with van der Waals surface area (Å²) < 4.78 is 5.39. The first-order valence-electron chi connectivity index (χ1n) is 5.92. The van der Waals surface area contributed by atoms with Crippen LogP contribution in [-0.2, 0) is 6.42 Å². The van der Waals surface area contributed by atoms with E-state index in [0.29, 0.717) is 0 Å². The van der Waals surface area contributed by atoms with Gasteiger partial charge in [-0.1, -0.05) is 6.92 Å². The molecule has 4 heteroatoms. The molecular formula is C13H22N2OS. The van der Waals surface area contributed by atoms with E-state index in [4.69, 9.17) is 10.5 Å². The lowest BCUT2D eigenvalue weighted by Crippen LogP contribution is -2.26. The summed E-state index contributed by atoms with van der Waals surface area (Å²) in [5, 5.41) is 0. The predicted octanol–water partition coefficient (Wildman–Crippen LogP) is 2.33. The van der Waals surface area contributed by atoms with Crippen LogP contribution in [0.15, 0.2) is 6.20 Å². The molecule has 0 radical (unpaired) electrons. The summed E-state index contributed by atoms with van der Waals surface area (Å²) in [6.07, 6.45) is 2.68. The summed E-state index contributed by atoms with van der Waals surface area (Å²) in [6, 6.07) is 0.165. The Morgan fingerprint density at radius 3 is 2.76 bits per heavy atom. The van der Waals surface area contributed by atoms with Crippen molar-refractivity contribution in [3.63, 3.8) is 0 Å². The molecule has 17 heavy (non-hydrogen) atoms. The first-order chi connectivity index (χ1) is 8.10. The van der Waals surface area contributed by atoms with Gasteiger partial charge in [0.05, 0.1) is 7.11 Å². The average molecular weight is 254 g/mol. The van der Waals surface area contributed by atoms with E-state index in [1.807, 2.05) is 31.8 Å². The molecular weight excluding hydrogens is 232 g/mol. The van der Waals surface area contributed by atoms with Gasteiger partial charge in [-0.3, -0.25) is 4.98 Å². The molecule has 1 rings (SSSR count). The number of nitrogens with two attached hydrogens (primary N) is 1. The molecule has 0 fully saturated rings. The van der Waals surface area contributed by atoms with Gasteiger partial charge in [0.2, 0.25) is 0 Å².